The molecule has 0 aliphatic carbocycles. The lowest BCUT2D eigenvalue weighted by molar-refractivity contribution is -0.137. The largest absolute Gasteiger partial charge is 0.497 e. The third kappa shape index (κ3) is 4.97. The van der Waals surface area contributed by atoms with Gasteiger partial charge in [-0.1, -0.05) is 30.3 Å². The number of benzene rings is 2. The Bertz CT molecular complexity index is 644. The molecule has 2 aromatic carbocycles. The third-order valence-electron chi connectivity index (χ3n) is 3.40. The van der Waals surface area contributed by atoms with Gasteiger partial charge in [-0.05, 0) is 29.3 Å². The maximum atomic E-state index is 12.6. The Balaban J connectivity index is 1.91. The van der Waals surface area contributed by atoms with Gasteiger partial charge in [0.1, 0.15) is 5.75 Å². The second-order valence-corrected chi connectivity index (χ2v) is 5.12. The van der Waals surface area contributed by atoms with Gasteiger partial charge in [-0.25, -0.2) is 0 Å². The third-order valence-corrected chi connectivity index (χ3v) is 3.40. The second kappa shape index (κ2) is 7.48. The molecule has 0 aliphatic rings. The van der Waals surface area contributed by atoms with E-state index in [1.54, 1.807) is 30.3 Å². The number of hydrogen-bond donors (Lipinski definition) is 2. The van der Waals surface area contributed by atoms with Gasteiger partial charge in [0.25, 0.3) is 0 Å². The highest BCUT2D eigenvalue weighted by molar-refractivity contribution is 5.30. The maximum Gasteiger partial charge on any atom is 0.416 e. The molecule has 0 fully saturated rings. The first-order valence-corrected chi connectivity index (χ1v) is 7.09. The molecule has 0 amide bonds. The summed E-state index contributed by atoms with van der Waals surface area (Å²) in [6, 6.07) is 12.1. The fourth-order valence-corrected chi connectivity index (χ4v) is 2.18. The van der Waals surface area contributed by atoms with Crippen LogP contribution in [0.15, 0.2) is 48.5 Å². The predicted molar refractivity (Wildman–Crippen MR) is 81.1 cm³/mol. The van der Waals surface area contributed by atoms with Crippen molar-refractivity contribution in [3.05, 3.63) is 65.2 Å². The van der Waals surface area contributed by atoms with Crippen molar-refractivity contribution < 1.29 is 23.0 Å². The molecule has 1 atom stereocenters. The molecule has 0 aliphatic heterocycles. The Kier molecular flexibility index (Phi) is 5.63. The van der Waals surface area contributed by atoms with E-state index in [1.807, 2.05) is 0 Å². The highest BCUT2D eigenvalue weighted by atomic mass is 19.4. The monoisotopic (exact) mass is 325 g/mol. The number of nitrogens with one attached hydrogen (secondary N) is 1. The maximum absolute atomic E-state index is 12.6. The van der Waals surface area contributed by atoms with Crippen LogP contribution >= 0.6 is 0 Å². The average Bonchev–Trinajstić information content (AvgIpc) is 2.54. The van der Waals surface area contributed by atoms with Gasteiger partial charge in [-0.3, -0.25) is 0 Å². The fourth-order valence-electron chi connectivity index (χ4n) is 2.18. The zero-order valence-electron chi connectivity index (χ0n) is 12.6. The van der Waals surface area contributed by atoms with E-state index in [0.29, 0.717) is 16.9 Å². The van der Waals surface area contributed by atoms with Crippen LogP contribution in [-0.2, 0) is 12.7 Å². The van der Waals surface area contributed by atoms with Crippen LogP contribution in [0.3, 0.4) is 0 Å². The summed E-state index contributed by atoms with van der Waals surface area (Å²) in [7, 11) is 1.54. The summed E-state index contributed by atoms with van der Waals surface area (Å²) >= 11 is 0. The molecule has 1 unspecified atom stereocenters. The molecular formula is C17H18F3NO2. The van der Waals surface area contributed by atoms with Crippen molar-refractivity contribution in [3.63, 3.8) is 0 Å². The second-order valence-electron chi connectivity index (χ2n) is 5.12. The molecular weight excluding hydrogens is 307 g/mol. The summed E-state index contributed by atoms with van der Waals surface area (Å²) in [5.41, 5.74) is 0.517. The average molecular weight is 325 g/mol. The van der Waals surface area contributed by atoms with Crippen LogP contribution in [0.4, 0.5) is 13.2 Å². The minimum Gasteiger partial charge on any atom is -0.497 e. The molecule has 0 heterocycles. The molecule has 0 bridgehead atoms. The predicted octanol–water partition coefficient (Wildman–Crippen LogP) is 3.54. The van der Waals surface area contributed by atoms with E-state index < -0.39 is 17.8 Å². The van der Waals surface area contributed by atoms with E-state index in [9.17, 15) is 18.3 Å². The smallest absolute Gasteiger partial charge is 0.416 e. The summed E-state index contributed by atoms with van der Waals surface area (Å²) in [5.74, 6) is 0.638. The Morgan fingerprint density at radius 3 is 2.57 bits per heavy atom. The topological polar surface area (TPSA) is 41.5 Å². The van der Waals surface area contributed by atoms with Gasteiger partial charge in [-0.2, -0.15) is 13.2 Å². The summed E-state index contributed by atoms with van der Waals surface area (Å²) < 4.78 is 43.0. The van der Waals surface area contributed by atoms with E-state index in [2.05, 4.69) is 5.32 Å². The fraction of sp³-hybridized carbons (Fsp3) is 0.294. The summed E-state index contributed by atoms with van der Waals surface area (Å²) in [5, 5.41) is 13.1. The van der Waals surface area contributed by atoms with Crippen molar-refractivity contribution in [2.45, 2.75) is 18.8 Å². The molecule has 0 aromatic heterocycles. The molecule has 23 heavy (non-hydrogen) atoms. The van der Waals surface area contributed by atoms with Gasteiger partial charge in [0.15, 0.2) is 0 Å². The van der Waals surface area contributed by atoms with Crippen molar-refractivity contribution in [1.29, 1.82) is 0 Å². The molecule has 0 spiro atoms. The lowest BCUT2D eigenvalue weighted by Crippen LogP contribution is -2.21. The molecule has 2 rings (SSSR count). The highest BCUT2D eigenvalue weighted by Gasteiger charge is 2.30. The molecule has 0 radical (unpaired) electrons. The number of hydrogen-bond acceptors (Lipinski definition) is 3. The Hall–Kier alpha value is -2.05. The first-order chi connectivity index (χ1) is 10.9. The van der Waals surface area contributed by atoms with E-state index in [-0.39, 0.29) is 13.1 Å². The Morgan fingerprint density at radius 2 is 1.87 bits per heavy atom. The highest BCUT2D eigenvalue weighted by Crippen LogP contribution is 2.29. The number of aliphatic hydroxyl groups excluding tert-OH is 1. The van der Waals surface area contributed by atoms with Gasteiger partial charge in [0.2, 0.25) is 0 Å². The Morgan fingerprint density at radius 1 is 1.13 bits per heavy atom. The van der Waals surface area contributed by atoms with Crippen molar-refractivity contribution >= 4 is 0 Å². The van der Waals surface area contributed by atoms with Crippen LogP contribution in [0.2, 0.25) is 0 Å². The van der Waals surface area contributed by atoms with Gasteiger partial charge in [0, 0.05) is 13.1 Å². The van der Waals surface area contributed by atoms with Gasteiger partial charge < -0.3 is 15.2 Å². The van der Waals surface area contributed by atoms with Crippen LogP contribution in [0, 0.1) is 0 Å². The molecule has 124 valence electrons. The molecule has 2 aromatic rings. The quantitative estimate of drug-likeness (QED) is 0.854. The zero-order valence-corrected chi connectivity index (χ0v) is 12.6. The first-order valence-electron chi connectivity index (χ1n) is 7.09. The minimum atomic E-state index is -4.35. The molecule has 6 heteroatoms. The van der Waals surface area contributed by atoms with E-state index >= 15 is 0 Å². The number of alkyl halides is 3. The van der Waals surface area contributed by atoms with Crippen LogP contribution in [0.25, 0.3) is 0 Å². The van der Waals surface area contributed by atoms with Crippen LogP contribution < -0.4 is 10.1 Å². The van der Waals surface area contributed by atoms with Crippen LogP contribution in [-0.4, -0.2) is 18.8 Å². The van der Waals surface area contributed by atoms with Crippen LogP contribution in [0.1, 0.15) is 22.8 Å². The SMILES string of the molecule is COc1cccc(C(O)CNCc2cccc(C(F)(F)F)c2)c1. The standard InChI is InChI=1S/C17H18F3NO2/c1-23-15-7-3-5-13(9-15)16(22)11-21-10-12-4-2-6-14(8-12)17(18,19)20/h2-9,16,21-22H,10-11H2,1H3. The molecule has 0 saturated heterocycles. The minimum absolute atomic E-state index is 0.226. The van der Waals surface area contributed by atoms with Gasteiger partial charge >= 0.3 is 6.18 Å². The van der Waals surface area contributed by atoms with Crippen molar-refractivity contribution in [2.75, 3.05) is 13.7 Å². The van der Waals surface area contributed by atoms with Crippen LogP contribution in [0.5, 0.6) is 5.75 Å². The lowest BCUT2D eigenvalue weighted by atomic mass is 10.1. The van der Waals surface area contributed by atoms with Crippen molar-refractivity contribution in [2.24, 2.45) is 0 Å². The van der Waals surface area contributed by atoms with Crippen molar-refractivity contribution in [1.82, 2.24) is 5.32 Å². The molecule has 2 N–H and O–H groups in total. The van der Waals surface area contributed by atoms with E-state index in [0.717, 1.165) is 12.1 Å². The summed E-state index contributed by atoms with van der Waals surface area (Å²) in [6.07, 6.45) is -5.12. The Labute approximate surface area is 132 Å². The number of halogens is 3. The molecule has 3 nitrogen and oxygen atoms in total. The van der Waals surface area contributed by atoms with E-state index in [1.165, 1.54) is 13.2 Å². The zero-order chi connectivity index (χ0) is 16.9. The molecule has 0 saturated carbocycles. The first kappa shape index (κ1) is 17.3. The van der Waals surface area contributed by atoms with Gasteiger partial charge in [-0.15, -0.1) is 0 Å². The number of methoxy groups -OCH3 is 1. The normalized spacial score (nSPS) is 12.9. The van der Waals surface area contributed by atoms with Gasteiger partial charge in [0.05, 0.1) is 18.8 Å². The van der Waals surface area contributed by atoms with Crippen molar-refractivity contribution in [3.8, 4) is 5.75 Å². The van der Waals surface area contributed by atoms with E-state index in [4.69, 9.17) is 4.74 Å². The number of ether oxygens (including phenoxy) is 1. The summed E-state index contributed by atoms with van der Waals surface area (Å²) in [6.45, 7) is 0.467. The lowest BCUT2D eigenvalue weighted by Gasteiger charge is -2.14. The summed E-state index contributed by atoms with van der Waals surface area (Å²) in [4.78, 5) is 0. The number of rotatable bonds is 6. The number of aliphatic hydroxyl groups is 1.